The fraction of sp³-hybridized carbons (Fsp3) is 0.310. The third-order valence-electron chi connectivity index (χ3n) is 6.54. The molecule has 43 heavy (non-hydrogen) atoms. The lowest BCUT2D eigenvalue weighted by molar-refractivity contribution is -0.139. The van der Waals surface area contributed by atoms with Crippen LogP contribution in [-0.4, -0.2) is 44.3 Å². The maximum absolute atomic E-state index is 14.0. The molecule has 0 spiro atoms. The number of rotatable bonds is 11. The monoisotopic (exact) mass is 677 g/mol. The molecular weight excluding hydrogens is 650 g/mol. The minimum atomic E-state index is -4.91. The molecule has 0 aliphatic carbocycles. The lowest BCUT2D eigenvalue weighted by Gasteiger charge is -2.32. The highest BCUT2D eigenvalue weighted by atomic mass is 35.5. The average molecular weight is 679 g/mol. The molecule has 0 aromatic heterocycles. The quantitative estimate of drug-likeness (QED) is 0.234. The minimum Gasteiger partial charge on any atom is -0.354 e. The van der Waals surface area contributed by atoms with Crippen molar-refractivity contribution in [3.8, 4) is 0 Å². The maximum atomic E-state index is 14.0. The van der Waals surface area contributed by atoms with E-state index in [1.54, 1.807) is 13.0 Å². The van der Waals surface area contributed by atoms with Crippen molar-refractivity contribution in [2.75, 3.05) is 17.4 Å². The SMILES string of the molecule is CCCNC(=O)[C@H](C)N(Cc1c(Cl)cccc1Cl)C(=O)CN(c1ccc(Cl)c(C(F)(F)F)c1)S(=O)(=O)c1ccc(C)cc1. The molecule has 3 aromatic rings. The van der Waals surface area contributed by atoms with Crippen molar-refractivity contribution < 1.29 is 31.2 Å². The van der Waals surface area contributed by atoms with Crippen molar-refractivity contribution in [3.63, 3.8) is 0 Å². The highest BCUT2D eigenvalue weighted by Gasteiger charge is 2.37. The third kappa shape index (κ3) is 8.35. The molecule has 7 nitrogen and oxygen atoms in total. The number of benzene rings is 3. The largest absolute Gasteiger partial charge is 0.417 e. The minimum absolute atomic E-state index is 0.197. The predicted molar refractivity (Wildman–Crippen MR) is 162 cm³/mol. The van der Waals surface area contributed by atoms with Crippen molar-refractivity contribution in [3.05, 3.63) is 92.4 Å². The molecule has 0 saturated carbocycles. The summed E-state index contributed by atoms with van der Waals surface area (Å²) in [5, 5.41) is 2.44. The second kappa shape index (κ2) is 14.2. The topological polar surface area (TPSA) is 86.8 Å². The zero-order chi connectivity index (χ0) is 32.1. The van der Waals surface area contributed by atoms with Crippen LogP contribution in [0.15, 0.2) is 65.6 Å². The first kappa shape index (κ1) is 34.5. The van der Waals surface area contributed by atoms with Gasteiger partial charge in [-0.15, -0.1) is 0 Å². The number of hydrogen-bond donors (Lipinski definition) is 1. The molecular formula is C29H29Cl3F3N3O4S. The summed E-state index contributed by atoms with van der Waals surface area (Å²) in [4.78, 5) is 27.7. The number of carbonyl (C=O) groups is 2. The summed E-state index contributed by atoms with van der Waals surface area (Å²) in [5.41, 5.74) is -0.699. The van der Waals surface area contributed by atoms with Crippen molar-refractivity contribution in [2.45, 2.75) is 50.9 Å². The molecule has 3 aromatic carbocycles. The number of aryl methyl sites for hydroxylation is 1. The zero-order valence-corrected chi connectivity index (χ0v) is 26.5. The summed E-state index contributed by atoms with van der Waals surface area (Å²) in [7, 11) is -4.60. The number of anilines is 1. The molecule has 3 rings (SSSR count). The van der Waals surface area contributed by atoms with Gasteiger partial charge in [0.05, 0.1) is 21.2 Å². The van der Waals surface area contributed by atoms with Gasteiger partial charge in [-0.25, -0.2) is 8.42 Å². The Morgan fingerprint density at radius 1 is 0.953 bits per heavy atom. The van der Waals surface area contributed by atoms with Crippen LogP contribution in [0.25, 0.3) is 0 Å². The Morgan fingerprint density at radius 3 is 2.12 bits per heavy atom. The van der Waals surface area contributed by atoms with Gasteiger partial charge < -0.3 is 10.2 Å². The van der Waals surface area contributed by atoms with Crippen LogP contribution in [0.5, 0.6) is 0 Å². The van der Waals surface area contributed by atoms with E-state index in [2.05, 4.69) is 5.32 Å². The van der Waals surface area contributed by atoms with Crippen molar-refractivity contribution >= 4 is 62.3 Å². The maximum Gasteiger partial charge on any atom is 0.417 e. The lowest BCUT2D eigenvalue weighted by Crippen LogP contribution is -2.51. The molecule has 0 aliphatic heterocycles. The molecule has 1 N–H and O–H groups in total. The van der Waals surface area contributed by atoms with E-state index in [1.165, 1.54) is 43.3 Å². The highest BCUT2D eigenvalue weighted by Crippen LogP contribution is 2.38. The molecule has 14 heteroatoms. The number of hydrogen-bond acceptors (Lipinski definition) is 4. The number of nitrogens with one attached hydrogen (secondary N) is 1. The van der Waals surface area contributed by atoms with Gasteiger partial charge in [0.2, 0.25) is 11.8 Å². The van der Waals surface area contributed by atoms with Gasteiger partial charge in [-0.05, 0) is 62.7 Å². The summed E-state index contributed by atoms with van der Waals surface area (Å²) < 4.78 is 69.6. The Hall–Kier alpha value is -2.99. The fourth-order valence-electron chi connectivity index (χ4n) is 4.08. The number of sulfonamides is 1. The fourth-order valence-corrected chi connectivity index (χ4v) is 6.23. The smallest absolute Gasteiger partial charge is 0.354 e. The van der Waals surface area contributed by atoms with Gasteiger partial charge in [-0.1, -0.05) is 65.5 Å². The molecule has 2 amide bonds. The summed E-state index contributed by atoms with van der Waals surface area (Å²) in [6.07, 6.45) is -4.29. The van der Waals surface area contributed by atoms with Crippen LogP contribution >= 0.6 is 34.8 Å². The van der Waals surface area contributed by atoms with Crippen LogP contribution in [-0.2, 0) is 32.3 Å². The second-order valence-electron chi connectivity index (χ2n) is 9.68. The summed E-state index contributed by atoms with van der Waals surface area (Å²) in [6.45, 7) is 4.09. The third-order valence-corrected chi connectivity index (χ3v) is 9.36. The van der Waals surface area contributed by atoms with Crippen LogP contribution in [0.3, 0.4) is 0 Å². The summed E-state index contributed by atoms with van der Waals surface area (Å²) in [5.74, 6) is -1.42. The first-order chi connectivity index (χ1) is 20.1. The van der Waals surface area contributed by atoms with E-state index < -0.39 is 56.9 Å². The van der Waals surface area contributed by atoms with E-state index in [-0.39, 0.29) is 21.5 Å². The van der Waals surface area contributed by atoms with Gasteiger partial charge in [0.25, 0.3) is 10.0 Å². The van der Waals surface area contributed by atoms with Crippen LogP contribution < -0.4 is 9.62 Å². The number of amides is 2. The van der Waals surface area contributed by atoms with Crippen LogP contribution in [0.2, 0.25) is 15.1 Å². The first-order valence-electron chi connectivity index (χ1n) is 13.0. The second-order valence-corrected chi connectivity index (χ2v) is 12.8. The molecule has 232 valence electrons. The molecule has 0 radical (unpaired) electrons. The molecule has 0 unspecified atom stereocenters. The first-order valence-corrected chi connectivity index (χ1v) is 15.6. The van der Waals surface area contributed by atoms with E-state index in [4.69, 9.17) is 34.8 Å². The number of halogens is 6. The Bertz CT molecular complexity index is 1570. The Kier molecular flexibility index (Phi) is 11.4. The van der Waals surface area contributed by atoms with Crippen LogP contribution in [0, 0.1) is 6.92 Å². The number of nitrogens with zero attached hydrogens (tertiary/aromatic N) is 2. The van der Waals surface area contributed by atoms with Gasteiger partial charge in [0.15, 0.2) is 0 Å². The van der Waals surface area contributed by atoms with Crippen LogP contribution in [0.1, 0.15) is 37.0 Å². The lowest BCUT2D eigenvalue weighted by atomic mass is 10.1. The zero-order valence-electron chi connectivity index (χ0n) is 23.4. The van der Waals surface area contributed by atoms with Gasteiger partial charge in [0.1, 0.15) is 12.6 Å². The molecule has 0 saturated heterocycles. The van der Waals surface area contributed by atoms with Crippen LogP contribution in [0.4, 0.5) is 18.9 Å². The Morgan fingerprint density at radius 2 is 1.56 bits per heavy atom. The van der Waals surface area contributed by atoms with Gasteiger partial charge in [-0.2, -0.15) is 13.2 Å². The molecule has 0 fully saturated rings. The van der Waals surface area contributed by atoms with Crippen molar-refractivity contribution in [1.82, 2.24) is 10.2 Å². The molecule has 0 bridgehead atoms. The van der Waals surface area contributed by atoms with Gasteiger partial charge >= 0.3 is 6.18 Å². The normalized spacial score (nSPS) is 12.5. The Labute approximate surface area is 263 Å². The van der Waals surface area contributed by atoms with E-state index in [0.717, 1.165) is 22.6 Å². The van der Waals surface area contributed by atoms with Crippen molar-refractivity contribution in [1.29, 1.82) is 0 Å². The highest BCUT2D eigenvalue weighted by molar-refractivity contribution is 7.92. The molecule has 0 heterocycles. The molecule has 0 aliphatic rings. The van der Waals surface area contributed by atoms with E-state index in [0.29, 0.717) is 28.9 Å². The van der Waals surface area contributed by atoms with E-state index >= 15 is 0 Å². The van der Waals surface area contributed by atoms with Gasteiger partial charge in [-0.3, -0.25) is 13.9 Å². The van der Waals surface area contributed by atoms with E-state index in [9.17, 15) is 31.2 Å². The average Bonchev–Trinajstić information content (AvgIpc) is 2.94. The number of carbonyl (C=O) groups excluding carboxylic acids is 2. The summed E-state index contributed by atoms with van der Waals surface area (Å²) in [6, 6.07) is 11.7. The predicted octanol–water partition coefficient (Wildman–Crippen LogP) is 7.11. The summed E-state index contributed by atoms with van der Waals surface area (Å²) >= 11 is 18.5. The number of alkyl halides is 3. The van der Waals surface area contributed by atoms with E-state index in [1.807, 2.05) is 6.92 Å². The van der Waals surface area contributed by atoms with Gasteiger partial charge in [0, 0.05) is 28.7 Å². The van der Waals surface area contributed by atoms with Crippen molar-refractivity contribution in [2.24, 2.45) is 0 Å². The molecule has 1 atom stereocenters. The standard InChI is InChI=1S/C29H29Cl3F3N3O4S/c1-4-14-36-28(40)19(3)37(16-22-24(30)6-5-7-25(22)31)27(39)17-38(43(41,42)21-11-8-18(2)9-12-21)20-10-13-26(32)23(15-20)29(33,34)35/h5-13,15,19H,4,14,16-17H2,1-3H3,(H,36,40)/t19-/m0/s1. The Balaban J connectivity index is 2.15.